The van der Waals surface area contributed by atoms with Gasteiger partial charge in [-0.15, -0.1) is 0 Å². The van der Waals surface area contributed by atoms with Gasteiger partial charge in [0.2, 0.25) is 0 Å². The monoisotopic (exact) mass is 468 g/mol. The molecule has 176 valence electrons. The molecule has 0 amide bonds. The van der Waals surface area contributed by atoms with Gasteiger partial charge < -0.3 is 9.64 Å². The van der Waals surface area contributed by atoms with Crippen LogP contribution in [-0.4, -0.2) is 47.0 Å². The molecular weight excluding hydrogens is 443 g/mol. The molecular formula is C28H25FN4O2. The summed E-state index contributed by atoms with van der Waals surface area (Å²) < 4.78 is 19.3. The smallest absolute Gasteiger partial charge is 0.170 e. The Hall–Kier alpha value is -3.97. The van der Waals surface area contributed by atoms with Gasteiger partial charge in [0.05, 0.1) is 30.7 Å². The van der Waals surface area contributed by atoms with Crippen molar-refractivity contribution >= 4 is 11.5 Å². The molecule has 4 aromatic rings. The summed E-state index contributed by atoms with van der Waals surface area (Å²) in [4.78, 5) is 27.6. The van der Waals surface area contributed by atoms with Crippen LogP contribution in [0.3, 0.4) is 0 Å². The first-order valence-corrected chi connectivity index (χ1v) is 11.6. The zero-order chi connectivity index (χ0) is 24.0. The second-order valence-electron chi connectivity index (χ2n) is 8.45. The summed E-state index contributed by atoms with van der Waals surface area (Å²) in [5.41, 5.74) is 4.97. The van der Waals surface area contributed by atoms with Crippen molar-refractivity contribution in [3.63, 3.8) is 0 Å². The molecule has 1 aliphatic rings. The van der Waals surface area contributed by atoms with E-state index in [0.717, 1.165) is 60.7 Å². The number of halogens is 1. The predicted octanol–water partition coefficient (Wildman–Crippen LogP) is 4.53. The highest BCUT2D eigenvalue weighted by molar-refractivity contribution is 5.97. The molecule has 1 saturated heterocycles. The summed E-state index contributed by atoms with van der Waals surface area (Å²) in [6.07, 6.45) is 5.01. The molecule has 0 saturated carbocycles. The molecule has 0 spiro atoms. The molecule has 35 heavy (non-hydrogen) atoms. The number of hydrogen-bond acceptors (Lipinski definition) is 6. The van der Waals surface area contributed by atoms with Crippen LogP contribution >= 0.6 is 0 Å². The number of anilines is 1. The Balaban J connectivity index is 1.25. The largest absolute Gasteiger partial charge is 0.378 e. The van der Waals surface area contributed by atoms with E-state index in [1.54, 1.807) is 6.20 Å². The zero-order valence-corrected chi connectivity index (χ0v) is 19.2. The van der Waals surface area contributed by atoms with Gasteiger partial charge >= 0.3 is 0 Å². The van der Waals surface area contributed by atoms with Crippen LogP contribution in [0.5, 0.6) is 0 Å². The lowest BCUT2D eigenvalue weighted by atomic mass is 10.0. The Labute approximate surface area is 203 Å². The molecule has 2 aromatic carbocycles. The number of aromatic nitrogens is 3. The first kappa shape index (κ1) is 22.8. The van der Waals surface area contributed by atoms with Crippen molar-refractivity contribution < 1.29 is 13.9 Å². The average Bonchev–Trinajstić information content (AvgIpc) is 2.90. The fourth-order valence-corrected chi connectivity index (χ4v) is 4.15. The van der Waals surface area contributed by atoms with Crippen LogP contribution in [-0.2, 0) is 17.6 Å². The van der Waals surface area contributed by atoms with Crippen molar-refractivity contribution in [2.24, 2.45) is 0 Å². The van der Waals surface area contributed by atoms with E-state index in [4.69, 9.17) is 9.72 Å². The number of ketones is 1. The molecule has 1 fully saturated rings. The molecule has 3 heterocycles. The maximum absolute atomic E-state index is 13.8. The number of morpholine rings is 1. The first-order valence-electron chi connectivity index (χ1n) is 11.6. The second kappa shape index (κ2) is 10.5. The minimum Gasteiger partial charge on any atom is -0.378 e. The number of ether oxygens (including phenoxy) is 1. The summed E-state index contributed by atoms with van der Waals surface area (Å²) in [7, 11) is 0. The van der Waals surface area contributed by atoms with Crippen molar-refractivity contribution in [3.05, 3.63) is 108 Å². The Morgan fingerprint density at radius 2 is 1.66 bits per heavy atom. The van der Waals surface area contributed by atoms with Crippen molar-refractivity contribution in [2.75, 3.05) is 31.2 Å². The van der Waals surface area contributed by atoms with Gasteiger partial charge in [0, 0.05) is 49.6 Å². The van der Waals surface area contributed by atoms with E-state index in [1.807, 2.05) is 30.3 Å². The molecule has 1 aliphatic heterocycles. The third-order valence-electron chi connectivity index (χ3n) is 6.07. The second-order valence-corrected chi connectivity index (χ2v) is 8.45. The number of nitrogens with zero attached hydrogens (tertiary/aromatic N) is 4. The van der Waals surface area contributed by atoms with Crippen LogP contribution in [0.2, 0.25) is 0 Å². The van der Waals surface area contributed by atoms with E-state index in [9.17, 15) is 9.18 Å². The van der Waals surface area contributed by atoms with Gasteiger partial charge in [-0.25, -0.2) is 14.4 Å². The number of carbonyl (C=O) groups is 1. The minimum absolute atomic E-state index is 0.0579. The SMILES string of the molecule is O=C(Cc1ccc(-c2ccnc(Cc3ccc(N4CCOCC4)cc3)n2)cc1)c1ccncc1F. The van der Waals surface area contributed by atoms with Gasteiger partial charge in [0.1, 0.15) is 5.82 Å². The summed E-state index contributed by atoms with van der Waals surface area (Å²) in [6.45, 7) is 3.36. The molecule has 0 atom stereocenters. The molecule has 0 aliphatic carbocycles. The topological polar surface area (TPSA) is 68.2 Å². The van der Waals surface area contributed by atoms with Crippen LogP contribution in [0.4, 0.5) is 10.1 Å². The molecule has 0 unspecified atom stereocenters. The quantitative estimate of drug-likeness (QED) is 0.371. The number of carbonyl (C=O) groups excluding carboxylic acids is 1. The standard InChI is InChI=1S/C28H25FN4O2/c29-25-19-30-11-9-24(25)27(34)17-20-1-5-22(6-2-20)26-10-12-31-28(32-26)18-21-3-7-23(8-4-21)33-13-15-35-16-14-33/h1-12,19H,13-18H2. The molecule has 7 heteroatoms. The average molecular weight is 469 g/mol. The molecule has 0 radical (unpaired) electrons. The molecule has 0 N–H and O–H groups in total. The summed E-state index contributed by atoms with van der Waals surface area (Å²) in [5.74, 6) is -0.131. The third-order valence-corrected chi connectivity index (χ3v) is 6.07. The highest BCUT2D eigenvalue weighted by atomic mass is 19.1. The van der Waals surface area contributed by atoms with Gasteiger partial charge in [-0.1, -0.05) is 36.4 Å². The predicted molar refractivity (Wildman–Crippen MR) is 132 cm³/mol. The first-order chi connectivity index (χ1) is 17.2. The molecule has 5 rings (SSSR count). The van der Waals surface area contributed by atoms with Crippen LogP contribution in [0.25, 0.3) is 11.3 Å². The summed E-state index contributed by atoms with van der Waals surface area (Å²) >= 11 is 0. The minimum atomic E-state index is -0.599. The summed E-state index contributed by atoms with van der Waals surface area (Å²) in [6, 6.07) is 19.4. The Morgan fingerprint density at radius 1 is 0.914 bits per heavy atom. The number of benzene rings is 2. The number of rotatable bonds is 7. The highest BCUT2D eigenvalue weighted by Gasteiger charge is 2.13. The Bertz CT molecular complexity index is 1300. The molecule has 2 aromatic heterocycles. The van der Waals surface area contributed by atoms with Crippen molar-refractivity contribution in [1.82, 2.24) is 15.0 Å². The van der Waals surface area contributed by atoms with Crippen LogP contribution in [0, 0.1) is 5.82 Å². The highest BCUT2D eigenvalue weighted by Crippen LogP contribution is 2.21. The number of pyridine rings is 1. The maximum Gasteiger partial charge on any atom is 0.170 e. The van der Waals surface area contributed by atoms with Crippen molar-refractivity contribution in [3.8, 4) is 11.3 Å². The Kier molecular flexibility index (Phi) is 6.86. The van der Waals surface area contributed by atoms with Crippen LogP contribution < -0.4 is 4.90 Å². The summed E-state index contributed by atoms with van der Waals surface area (Å²) in [5, 5.41) is 0. The zero-order valence-electron chi connectivity index (χ0n) is 19.2. The van der Waals surface area contributed by atoms with Crippen molar-refractivity contribution in [2.45, 2.75) is 12.8 Å². The van der Waals surface area contributed by atoms with E-state index in [-0.39, 0.29) is 17.8 Å². The normalized spacial score (nSPS) is 13.6. The van der Waals surface area contributed by atoms with Crippen LogP contribution in [0.1, 0.15) is 27.3 Å². The van der Waals surface area contributed by atoms with Gasteiger partial charge in [-0.3, -0.25) is 9.78 Å². The maximum atomic E-state index is 13.8. The third kappa shape index (κ3) is 5.58. The van der Waals surface area contributed by atoms with E-state index >= 15 is 0 Å². The van der Waals surface area contributed by atoms with Gasteiger partial charge in [-0.2, -0.15) is 0 Å². The van der Waals surface area contributed by atoms with E-state index < -0.39 is 5.82 Å². The van der Waals surface area contributed by atoms with Gasteiger partial charge in [0.25, 0.3) is 0 Å². The fourth-order valence-electron chi connectivity index (χ4n) is 4.15. The van der Waals surface area contributed by atoms with E-state index in [1.165, 1.54) is 18.0 Å². The van der Waals surface area contributed by atoms with Gasteiger partial charge in [-0.05, 0) is 35.4 Å². The lowest BCUT2D eigenvalue weighted by Crippen LogP contribution is -2.36. The molecule has 0 bridgehead atoms. The van der Waals surface area contributed by atoms with E-state index in [0.29, 0.717) is 6.42 Å². The van der Waals surface area contributed by atoms with Crippen LogP contribution in [0.15, 0.2) is 79.3 Å². The fraction of sp³-hybridized carbons (Fsp3) is 0.214. The number of hydrogen-bond donors (Lipinski definition) is 0. The van der Waals surface area contributed by atoms with E-state index in [2.05, 4.69) is 39.1 Å². The number of Topliss-reactive ketones (excluding diaryl/α,β-unsaturated/α-hetero) is 1. The van der Waals surface area contributed by atoms with Gasteiger partial charge in [0.15, 0.2) is 11.6 Å². The lowest BCUT2D eigenvalue weighted by molar-refractivity contribution is 0.0989. The Morgan fingerprint density at radius 3 is 2.40 bits per heavy atom. The van der Waals surface area contributed by atoms with Crippen molar-refractivity contribution in [1.29, 1.82) is 0 Å². The molecule has 6 nitrogen and oxygen atoms in total. The lowest BCUT2D eigenvalue weighted by Gasteiger charge is -2.28.